The number of amides is 1. The molecule has 1 N–H and O–H groups in total. The van der Waals surface area contributed by atoms with Gasteiger partial charge < -0.3 is 14.8 Å². The average Bonchev–Trinajstić information content (AvgIpc) is 2.72. The Bertz CT molecular complexity index is 896. The first-order valence-corrected chi connectivity index (χ1v) is 9.34. The molecule has 8 nitrogen and oxygen atoms in total. The van der Waals surface area contributed by atoms with E-state index in [1.807, 2.05) is 18.2 Å². The van der Waals surface area contributed by atoms with Crippen LogP contribution >= 0.6 is 0 Å². The molecule has 1 amide bonds. The summed E-state index contributed by atoms with van der Waals surface area (Å²) in [7, 11) is 0. The third-order valence-electron chi connectivity index (χ3n) is 4.40. The van der Waals surface area contributed by atoms with Crippen molar-refractivity contribution in [1.82, 2.24) is 0 Å². The number of ether oxygens (including phenoxy) is 2. The number of nitro benzene ring substituents is 1. The Kier molecular flexibility index (Phi) is 7.70. The van der Waals surface area contributed by atoms with Crippen LogP contribution in [0.1, 0.15) is 49.0 Å². The highest BCUT2D eigenvalue weighted by Gasteiger charge is 2.20. The lowest BCUT2D eigenvalue weighted by Crippen LogP contribution is -2.21. The molecular weight excluding hydrogens is 376 g/mol. The molecule has 154 valence electrons. The van der Waals surface area contributed by atoms with Crippen LogP contribution < -0.4 is 10.1 Å². The van der Waals surface area contributed by atoms with Crippen molar-refractivity contribution in [2.24, 2.45) is 0 Å². The third kappa shape index (κ3) is 5.78. The summed E-state index contributed by atoms with van der Waals surface area (Å²) in [6.07, 6.45) is 0.915. The molecule has 2 aromatic rings. The minimum atomic E-state index is -0.832. The van der Waals surface area contributed by atoms with Crippen molar-refractivity contribution in [2.75, 3.05) is 18.5 Å². The van der Waals surface area contributed by atoms with Crippen LogP contribution in [0, 0.1) is 10.1 Å². The second-order valence-corrected chi connectivity index (χ2v) is 6.39. The zero-order chi connectivity index (χ0) is 21.4. The van der Waals surface area contributed by atoms with Crippen LogP contribution in [0.5, 0.6) is 5.75 Å². The Morgan fingerprint density at radius 1 is 1.17 bits per heavy atom. The smallest absolute Gasteiger partial charge is 0.338 e. The average molecular weight is 400 g/mol. The molecule has 29 heavy (non-hydrogen) atoms. The minimum Gasteiger partial charge on any atom is -0.487 e. The van der Waals surface area contributed by atoms with E-state index in [0.717, 1.165) is 18.1 Å². The Morgan fingerprint density at radius 2 is 1.90 bits per heavy atom. The molecule has 2 rings (SSSR count). The van der Waals surface area contributed by atoms with Gasteiger partial charge in [-0.15, -0.1) is 0 Å². The van der Waals surface area contributed by atoms with Crippen molar-refractivity contribution >= 4 is 23.3 Å². The molecule has 0 saturated carbocycles. The number of nitrogens with one attached hydrogen (secondary N) is 1. The Hall–Kier alpha value is -3.42. The molecule has 0 radical (unpaired) electrons. The highest BCUT2D eigenvalue weighted by atomic mass is 16.6. The van der Waals surface area contributed by atoms with Gasteiger partial charge in [-0.2, -0.15) is 0 Å². The second kappa shape index (κ2) is 10.2. The van der Waals surface area contributed by atoms with Crippen molar-refractivity contribution in [3.63, 3.8) is 0 Å². The molecule has 0 aromatic heterocycles. The normalized spacial score (nSPS) is 11.4. The van der Waals surface area contributed by atoms with E-state index in [4.69, 9.17) is 9.47 Å². The molecule has 0 fully saturated rings. The zero-order valence-corrected chi connectivity index (χ0v) is 16.6. The fourth-order valence-corrected chi connectivity index (χ4v) is 2.73. The van der Waals surface area contributed by atoms with Crippen molar-refractivity contribution < 1.29 is 24.0 Å². The van der Waals surface area contributed by atoms with Gasteiger partial charge in [0.25, 0.3) is 5.91 Å². The molecule has 1 atom stereocenters. The Balaban J connectivity index is 2.03. The van der Waals surface area contributed by atoms with Crippen LogP contribution in [0.15, 0.2) is 42.5 Å². The van der Waals surface area contributed by atoms with Gasteiger partial charge in [0.1, 0.15) is 0 Å². The lowest BCUT2D eigenvalue weighted by atomic mass is 9.97. The molecule has 0 aliphatic carbocycles. The number of para-hydroxylation sites is 1. The quantitative estimate of drug-likeness (QED) is 0.382. The van der Waals surface area contributed by atoms with Gasteiger partial charge in [-0.1, -0.05) is 32.0 Å². The predicted octanol–water partition coefficient (Wildman–Crippen LogP) is 4.30. The van der Waals surface area contributed by atoms with Crippen molar-refractivity contribution in [3.8, 4) is 5.75 Å². The van der Waals surface area contributed by atoms with Crippen LogP contribution in [0.2, 0.25) is 0 Å². The summed E-state index contributed by atoms with van der Waals surface area (Å²) in [5.74, 6) is -0.997. The second-order valence-electron chi connectivity index (χ2n) is 6.39. The number of hydrogen-bond donors (Lipinski definition) is 1. The molecule has 0 saturated heterocycles. The number of hydrogen-bond acceptors (Lipinski definition) is 6. The van der Waals surface area contributed by atoms with Gasteiger partial charge in [-0.25, -0.2) is 4.79 Å². The number of nitro groups is 1. The van der Waals surface area contributed by atoms with Crippen LogP contribution in [-0.4, -0.2) is 30.0 Å². The monoisotopic (exact) mass is 400 g/mol. The van der Waals surface area contributed by atoms with Gasteiger partial charge >= 0.3 is 11.7 Å². The van der Waals surface area contributed by atoms with Crippen molar-refractivity contribution in [3.05, 3.63) is 63.7 Å². The van der Waals surface area contributed by atoms with Gasteiger partial charge in [-0.05, 0) is 43.0 Å². The van der Waals surface area contributed by atoms with Crippen LogP contribution in [-0.2, 0) is 9.53 Å². The maximum atomic E-state index is 12.2. The standard InChI is InChI=1S/C21H24N2O6/c1-4-14(3)16-8-6-7-9-17(16)22-20(24)13-29-21(25)15-10-11-19(28-5-2)18(12-15)23(26)27/h6-12,14H,4-5,13H2,1-3H3,(H,22,24)/t14-/m0/s1. The maximum absolute atomic E-state index is 12.2. The number of nitrogens with zero attached hydrogens (tertiary/aromatic N) is 1. The number of carbonyl (C=O) groups excluding carboxylic acids is 2. The lowest BCUT2D eigenvalue weighted by Gasteiger charge is -2.15. The van der Waals surface area contributed by atoms with E-state index in [1.165, 1.54) is 12.1 Å². The van der Waals surface area contributed by atoms with Gasteiger partial charge in [0.05, 0.1) is 17.1 Å². The number of carbonyl (C=O) groups is 2. The minimum absolute atomic E-state index is 0.0343. The molecule has 0 heterocycles. The lowest BCUT2D eigenvalue weighted by molar-refractivity contribution is -0.385. The fraction of sp³-hybridized carbons (Fsp3) is 0.333. The summed E-state index contributed by atoms with van der Waals surface area (Å²) in [5, 5.41) is 13.9. The SMILES string of the molecule is CCOc1ccc(C(=O)OCC(=O)Nc2ccccc2[C@@H](C)CC)cc1[N+](=O)[O-]. The fourth-order valence-electron chi connectivity index (χ4n) is 2.73. The van der Waals surface area contributed by atoms with Crippen molar-refractivity contribution in [1.29, 1.82) is 0 Å². The van der Waals surface area contributed by atoms with Crippen LogP contribution in [0.25, 0.3) is 0 Å². The molecule has 0 unspecified atom stereocenters. The Morgan fingerprint density at radius 3 is 2.55 bits per heavy atom. The predicted molar refractivity (Wildman–Crippen MR) is 108 cm³/mol. The van der Waals surface area contributed by atoms with E-state index >= 15 is 0 Å². The van der Waals surface area contributed by atoms with Crippen molar-refractivity contribution in [2.45, 2.75) is 33.1 Å². The van der Waals surface area contributed by atoms with E-state index in [2.05, 4.69) is 19.2 Å². The maximum Gasteiger partial charge on any atom is 0.338 e. The van der Waals surface area contributed by atoms with Gasteiger partial charge in [0.15, 0.2) is 12.4 Å². The first-order chi connectivity index (χ1) is 13.9. The zero-order valence-electron chi connectivity index (χ0n) is 16.6. The summed E-state index contributed by atoms with van der Waals surface area (Å²) in [6, 6.07) is 11.2. The van der Waals surface area contributed by atoms with Gasteiger partial charge in [-0.3, -0.25) is 14.9 Å². The summed E-state index contributed by atoms with van der Waals surface area (Å²) in [5.41, 5.74) is 1.29. The first kappa shape index (κ1) is 21.9. The summed E-state index contributed by atoms with van der Waals surface area (Å²) < 4.78 is 10.2. The highest BCUT2D eigenvalue weighted by Crippen LogP contribution is 2.28. The molecule has 0 aliphatic rings. The molecule has 8 heteroatoms. The van der Waals surface area contributed by atoms with Crippen LogP contribution in [0.4, 0.5) is 11.4 Å². The number of anilines is 1. The molecule has 0 bridgehead atoms. The van der Waals surface area contributed by atoms with Crippen LogP contribution in [0.3, 0.4) is 0 Å². The Labute approximate surface area is 169 Å². The first-order valence-electron chi connectivity index (χ1n) is 9.34. The van der Waals surface area contributed by atoms with E-state index in [0.29, 0.717) is 5.69 Å². The van der Waals surface area contributed by atoms with Gasteiger partial charge in [0.2, 0.25) is 0 Å². The summed E-state index contributed by atoms with van der Waals surface area (Å²) in [4.78, 5) is 34.9. The summed E-state index contributed by atoms with van der Waals surface area (Å²) in [6.45, 7) is 5.56. The largest absolute Gasteiger partial charge is 0.487 e. The van der Waals surface area contributed by atoms with E-state index < -0.39 is 23.4 Å². The third-order valence-corrected chi connectivity index (χ3v) is 4.40. The number of esters is 1. The topological polar surface area (TPSA) is 108 Å². The van der Waals surface area contributed by atoms with E-state index in [1.54, 1.807) is 13.0 Å². The highest BCUT2D eigenvalue weighted by molar-refractivity contribution is 5.96. The molecular formula is C21H24N2O6. The molecule has 2 aromatic carbocycles. The number of rotatable bonds is 9. The van der Waals surface area contributed by atoms with E-state index in [9.17, 15) is 19.7 Å². The van der Waals surface area contributed by atoms with Gasteiger partial charge in [0, 0.05) is 11.8 Å². The molecule has 0 spiro atoms. The molecule has 0 aliphatic heterocycles. The number of benzene rings is 2. The van der Waals surface area contributed by atoms with E-state index in [-0.39, 0.29) is 29.5 Å². The summed E-state index contributed by atoms with van der Waals surface area (Å²) >= 11 is 0.